The number of anilines is 1. The number of nitrogens with one attached hydrogen (secondary N) is 2. The van der Waals surface area contributed by atoms with Gasteiger partial charge in [0.1, 0.15) is 15.9 Å². The van der Waals surface area contributed by atoms with Crippen molar-refractivity contribution in [2.24, 2.45) is 0 Å². The molecule has 3 aliphatic heterocycles. The molecule has 47 heavy (non-hydrogen) atoms. The minimum absolute atomic E-state index is 0.0656. The van der Waals surface area contributed by atoms with Crippen LogP contribution in [-0.4, -0.2) is 117 Å². The zero-order valence-electron chi connectivity index (χ0n) is 26.3. The smallest absolute Gasteiger partial charge is 0.343 e. The molecule has 20 heteroatoms. The highest BCUT2D eigenvalue weighted by atomic mass is 35.5. The molecule has 5 rings (SSSR count). The van der Waals surface area contributed by atoms with Crippen LogP contribution in [0.2, 0.25) is 0 Å². The summed E-state index contributed by atoms with van der Waals surface area (Å²) in [6, 6.07) is 5.88. The molecule has 4 heterocycles. The maximum Gasteiger partial charge on any atom is 0.343 e. The van der Waals surface area contributed by atoms with Crippen molar-refractivity contribution in [1.29, 1.82) is 0 Å². The number of carbonyl (C=O) groups is 3. The molecule has 4 atom stereocenters. The van der Waals surface area contributed by atoms with Crippen molar-refractivity contribution in [2.45, 2.75) is 56.3 Å². The largest absolute Gasteiger partial charge is 0.494 e. The highest BCUT2D eigenvalue weighted by Gasteiger charge is 2.70. The van der Waals surface area contributed by atoms with Crippen LogP contribution in [0.3, 0.4) is 0 Å². The number of aliphatic carboxylic acids is 1. The first-order chi connectivity index (χ1) is 22.2. The van der Waals surface area contributed by atoms with E-state index in [9.17, 15) is 32.5 Å². The Labute approximate surface area is 283 Å². The van der Waals surface area contributed by atoms with Crippen LogP contribution >= 0.6 is 30.9 Å². The fraction of sp³-hybridized carbons (Fsp3) is 0.593. The summed E-state index contributed by atoms with van der Waals surface area (Å²) in [5.74, 6) is -0.182. The Balaban J connectivity index is 0.000000199. The van der Waals surface area contributed by atoms with Crippen molar-refractivity contribution in [1.82, 2.24) is 29.7 Å². The molecule has 1 aromatic carbocycles. The molecule has 16 nitrogen and oxygen atoms in total. The number of nitrogens with zero attached hydrogens (tertiary/aromatic N) is 5. The number of hydrogen-bond donors (Lipinski definition) is 3. The van der Waals surface area contributed by atoms with Crippen LogP contribution in [0.1, 0.15) is 33.6 Å². The number of carbonyl (C=O) groups excluding carboxylic acids is 2. The van der Waals surface area contributed by atoms with Gasteiger partial charge in [-0.15, -0.1) is 28.3 Å². The summed E-state index contributed by atoms with van der Waals surface area (Å²) in [5, 5.41) is 21.1. The lowest BCUT2D eigenvalue weighted by molar-refractivity contribution is -0.157. The molecule has 1 unspecified atom stereocenters. The first-order valence-electron chi connectivity index (χ1n) is 14.7. The third kappa shape index (κ3) is 9.22. The molecule has 0 radical (unpaired) electrons. The number of carboxylic acid groups (broad SMARTS) is 1. The molecule has 2 aromatic rings. The Morgan fingerprint density at radius 1 is 1.26 bits per heavy atom. The maximum atomic E-state index is 12.5. The summed E-state index contributed by atoms with van der Waals surface area (Å²) in [5.41, 5.74) is 0.788. The number of β-lactam (4-membered cyclic amide) rings is 1. The van der Waals surface area contributed by atoms with Gasteiger partial charge in [0.15, 0.2) is 15.9 Å². The number of sulfone groups is 1. The van der Waals surface area contributed by atoms with Gasteiger partial charge in [0, 0.05) is 50.2 Å². The van der Waals surface area contributed by atoms with Gasteiger partial charge < -0.3 is 24.6 Å². The first kappa shape index (κ1) is 38.7. The number of fused-ring (bicyclic) bond motifs is 1. The van der Waals surface area contributed by atoms with E-state index in [0.29, 0.717) is 38.1 Å². The standard InChI is InChI=1S/C10H12N4O5S.C10H13NO2.C7H15Cl2N2O2P/c1-10(5-13-3-2-11-12-13)8(9(16)17)14-6(15)4-7(14)20(10,18)19;1-3-13-10-6-4-9(5-7-10)11-8(2)12;8-2-5-11(6-3-9)14(12)10-4-1-7-13-14/h2-3,7-8H,4-5H2,1H3,(H,16,17);4-7H,3H2,1-2H3,(H,11,12);1-7H2,(H,10,12)/t7-,8+,10+;;/m1../s1. The molecule has 2 amide bonds. The highest BCUT2D eigenvalue weighted by molar-refractivity contribution is 7.93. The van der Waals surface area contributed by atoms with E-state index < -0.39 is 45.5 Å². The summed E-state index contributed by atoms with van der Waals surface area (Å²) in [6.07, 6.45) is 3.57. The number of benzene rings is 1. The van der Waals surface area contributed by atoms with Gasteiger partial charge >= 0.3 is 13.6 Å². The fourth-order valence-electron chi connectivity index (χ4n) is 5.21. The predicted octanol–water partition coefficient (Wildman–Crippen LogP) is 2.40. The Bertz CT molecular complexity index is 1500. The first-order valence-corrected chi connectivity index (χ1v) is 18.9. The third-order valence-electron chi connectivity index (χ3n) is 7.44. The topological polar surface area (TPSA) is 202 Å². The maximum absolute atomic E-state index is 12.5. The van der Waals surface area contributed by atoms with Gasteiger partial charge in [-0.25, -0.2) is 23.0 Å². The van der Waals surface area contributed by atoms with Crippen molar-refractivity contribution in [3.8, 4) is 5.75 Å². The SMILES string of the molecule is CCOc1ccc(NC(C)=O)cc1.C[C@]1(Cn2ccnn2)[C@H](C(=O)O)N2C(=O)C[C@H]2S1(=O)=O.O=P1(N(CCCl)CCCl)NCCCO1. The van der Waals surface area contributed by atoms with Crippen molar-refractivity contribution in [3.05, 3.63) is 36.7 Å². The molecule has 0 aliphatic carbocycles. The van der Waals surface area contributed by atoms with Gasteiger partial charge in [0.25, 0.3) is 0 Å². The Hall–Kier alpha value is -2.79. The fourth-order valence-corrected chi connectivity index (χ4v) is 10.2. The van der Waals surface area contributed by atoms with E-state index in [1.54, 1.807) is 4.67 Å². The second kappa shape index (κ2) is 17.0. The second-order valence-electron chi connectivity index (χ2n) is 10.7. The normalized spacial score (nSPS) is 25.7. The molecular weight excluding hydrogens is 700 g/mol. The molecule has 3 N–H and O–H groups in total. The summed E-state index contributed by atoms with van der Waals surface area (Å²) in [7, 11) is -6.64. The zero-order valence-corrected chi connectivity index (χ0v) is 29.5. The van der Waals surface area contributed by atoms with E-state index in [1.807, 2.05) is 31.2 Å². The minimum atomic E-state index is -3.80. The highest BCUT2D eigenvalue weighted by Crippen LogP contribution is 2.48. The molecule has 3 aliphatic rings. The number of rotatable bonds is 11. The Kier molecular flexibility index (Phi) is 14.0. The van der Waals surface area contributed by atoms with E-state index in [1.165, 1.54) is 30.9 Å². The van der Waals surface area contributed by atoms with Gasteiger partial charge in [-0.2, -0.15) is 0 Å². The molecule has 3 fully saturated rings. The van der Waals surface area contributed by atoms with Crippen molar-refractivity contribution < 1.29 is 41.7 Å². The molecule has 0 spiro atoms. The van der Waals surface area contributed by atoms with E-state index >= 15 is 0 Å². The Morgan fingerprint density at radius 3 is 2.38 bits per heavy atom. The zero-order chi connectivity index (χ0) is 34.8. The van der Waals surface area contributed by atoms with Gasteiger partial charge in [0.2, 0.25) is 11.8 Å². The van der Waals surface area contributed by atoms with E-state index in [0.717, 1.165) is 29.3 Å². The number of aromatic nitrogens is 3. The minimum Gasteiger partial charge on any atom is -0.494 e. The number of halogens is 2. The van der Waals surface area contributed by atoms with Crippen LogP contribution in [0.5, 0.6) is 5.75 Å². The van der Waals surface area contributed by atoms with Crippen LogP contribution in [0, 0.1) is 0 Å². The van der Waals surface area contributed by atoms with Crippen LogP contribution < -0.4 is 15.1 Å². The van der Waals surface area contributed by atoms with Crippen molar-refractivity contribution in [3.63, 3.8) is 0 Å². The number of alkyl halides is 2. The average Bonchev–Trinajstić information content (AvgIpc) is 3.57. The quantitative estimate of drug-likeness (QED) is 0.172. The monoisotopic (exact) mass is 739 g/mol. The number of carboxylic acids is 1. The average molecular weight is 741 g/mol. The lowest BCUT2D eigenvalue weighted by atomic mass is 9.96. The van der Waals surface area contributed by atoms with Crippen molar-refractivity contribution in [2.75, 3.05) is 49.9 Å². The van der Waals surface area contributed by atoms with E-state index in [4.69, 9.17) is 32.5 Å². The van der Waals surface area contributed by atoms with Gasteiger partial charge in [-0.05, 0) is 44.5 Å². The summed E-state index contributed by atoms with van der Waals surface area (Å²) in [6.45, 7) is 7.56. The molecule has 262 valence electrons. The second-order valence-corrected chi connectivity index (χ2v) is 16.2. The molecular formula is C27H40Cl2N7O9PS. The van der Waals surface area contributed by atoms with Crippen LogP contribution in [0.15, 0.2) is 36.7 Å². The lowest BCUT2D eigenvalue weighted by Gasteiger charge is -2.35. The van der Waals surface area contributed by atoms with E-state index in [-0.39, 0.29) is 18.9 Å². The summed E-state index contributed by atoms with van der Waals surface area (Å²) < 4.78 is 49.2. The third-order valence-corrected chi connectivity index (χ3v) is 12.8. The molecule has 0 saturated carbocycles. The van der Waals surface area contributed by atoms with Crippen molar-refractivity contribution >= 4 is 64.2 Å². The van der Waals surface area contributed by atoms with Crippen LogP contribution in [0.25, 0.3) is 0 Å². The summed E-state index contributed by atoms with van der Waals surface area (Å²) in [4.78, 5) is 34.7. The molecule has 0 bridgehead atoms. The number of amides is 2. The summed E-state index contributed by atoms with van der Waals surface area (Å²) >= 11 is 11.2. The Morgan fingerprint density at radius 2 is 1.91 bits per heavy atom. The van der Waals surface area contributed by atoms with E-state index in [2.05, 4.69) is 20.7 Å². The van der Waals surface area contributed by atoms with Crippen LogP contribution in [0.4, 0.5) is 5.69 Å². The number of ether oxygens (including phenoxy) is 1. The van der Waals surface area contributed by atoms with Crippen LogP contribution in [-0.2, 0) is 39.9 Å². The van der Waals surface area contributed by atoms with Gasteiger partial charge in [-0.3, -0.25) is 18.8 Å². The van der Waals surface area contributed by atoms with Gasteiger partial charge in [-0.1, -0.05) is 5.21 Å². The predicted molar refractivity (Wildman–Crippen MR) is 175 cm³/mol. The van der Waals surface area contributed by atoms with Gasteiger partial charge in [0.05, 0.1) is 32.4 Å². The molecule has 3 saturated heterocycles. The molecule has 1 aromatic heterocycles. The lowest BCUT2D eigenvalue weighted by Crippen LogP contribution is -2.58. The number of hydrogen-bond acceptors (Lipinski definition) is 10.